The minimum absolute atomic E-state index is 0.00582. The van der Waals surface area contributed by atoms with Crippen LogP contribution in [0.3, 0.4) is 0 Å². The quantitative estimate of drug-likeness (QED) is 0.112. The summed E-state index contributed by atoms with van der Waals surface area (Å²) in [6.45, 7) is 8.77. The van der Waals surface area contributed by atoms with Crippen LogP contribution in [0.1, 0.15) is 77.0 Å². The largest absolute Gasteiger partial charge is 0.457 e. The first-order chi connectivity index (χ1) is 25.5. The number of carbonyl (C=O) groups is 2. The zero-order chi connectivity index (χ0) is 38.6. The van der Waals surface area contributed by atoms with E-state index in [-0.39, 0.29) is 58.9 Å². The highest BCUT2D eigenvalue weighted by atomic mass is 32.2. The van der Waals surface area contributed by atoms with Crippen molar-refractivity contribution in [3.05, 3.63) is 81.0 Å². The first-order valence-electron chi connectivity index (χ1n) is 17.8. The third-order valence-corrected chi connectivity index (χ3v) is 13.2. The fraction of sp³-hybridized carbons (Fsp3) is 0.447. The molecule has 54 heavy (non-hydrogen) atoms. The van der Waals surface area contributed by atoms with E-state index in [9.17, 15) is 28.0 Å². The number of cyclic esters (lactones) is 1. The van der Waals surface area contributed by atoms with Gasteiger partial charge in [0, 0.05) is 34.0 Å². The van der Waals surface area contributed by atoms with Gasteiger partial charge >= 0.3 is 11.9 Å². The molecule has 2 N–H and O–H groups in total. The van der Waals surface area contributed by atoms with E-state index >= 15 is 0 Å². The van der Waals surface area contributed by atoms with Gasteiger partial charge in [0.2, 0.25) is 5.60 Å². The molecule has 14 nitrogen and oxygen atoms in total. The minimum atomic E-state index is -4.03. The Balaban J connectivity index is 1.14. The average Bonchev–Trinajstić information content (AvgIpc) is 3.79. The lowest BCUT2D eigenvalue weighted by molar-refractivity contribution is -0.261. The second-order valence-corrected chi connectivity index (χ2v) is 18.0. The number of carbonyl (C=O) groups excluding carboxylic acids is 2. The van der Waals surface area contributed by atoms with Gasteiger partial charge in [-0.2, -0.15) is 5.06 Å². The number of hydroxylamine groups is 2. The van der Waals surface area contributed by atoms with Crippen LogP contribution in [0.4, 0.5) is 0 Å². The first-order valence-corrected chi connectivity index (χ1v) is 20.2. The molecule has 0 aliphatic carbocycles. The van der Waals surface area contributed by atoms with E-state index in [2.05, 4.69) is 9.71 Å². The number of rotatable bonds is 10. The summed E-state index contributed by atoms with van der Waals surface area (Å²) >= 11 is 1.03. The molecule has 0 unspecified atom stereocenters. The Bertz CT molecular complexity index is 2320. The van der Waals surface area contributed by atoms with Gasteiger partial charge in [-0.1, -0.05) is 31.2 Å². The number of thiophene rings is 1. The van der Waals surface area contributed by atoms with Crippen LogP contribution >= 0.6 is 11.3 Å². The number of aliphatic imine (C=N–C) groups is 1. The number of nitrogens with zero attached hydrogens (tertiary/aromatic N) is 4. The third kappa shape index (κ3) is 6.85. The second kappa shape index (κ2) is 14.0. The number of esters is 2. The van der Waals surface area contributed by atoms with Gasteiger partial charge in [0.05, 0.1) is 41.7 Å². The van der Waals surface area contributed by atoms with E-state index in [1.807, 2.05) is 58.0 Å². The summed E-state index contributed by atoms with van der Waals surface area (Å²) in [5.41, 5.74) is -0.292. The van der Waals surface area contributed by atoms with Crippen molar-refractivity contribution in [1.82, 2.24) is 19.3 Å². The number of nitrogens with one attached hydrogen (secondary N) is 1. The van der Waals surface area contributed by atoms with Gasteiger partial charge in [-0.3, -0.25) is 14.5 Å². The van der Waals surface area contributed by atoms with E-state index in [0.717, 1.165) is 27.8 Å². The number of aromatic nitrogens is 2. The normalized spacial score (nSPS) is 20.9. The topological polar surface area (TPSA) is 179 Å². The first kappa shape index (κ1) is 37.8. The Labute approximate surface area is 316 Å². The van der Waals surface area contributed by atoms with Gasteiger partial charge < -0.3 is 24.0 Å². The molecule has 3 aromatic heterocycles. The summed E-state index contributed by atoms with van der Waals surface area (Å²) in [5, 5.41) is 14.6. The SMILES string of the molecule is CC[C@@]1(OC(=O)CN=C(CCOC2CC(C)(C)N(O)C(C)(C)C2)NS(=O)(=O)c2cccs2)C(=O)OCc2c1cc1n(c2=O)Cc2cc3ccccc3nc2-1. The molecule has 16 heteroatoms. The van der Waals surface area contributed by atoms with Crippen LogP contribution in [0.2, 0.25) is 0 Å². The predicted octanol–water partition coefficient (Wildman–Crippen LogP) is 4.89. The number of pyridine rings is 2. The number of fused-ring (bicyclic) bond motifs is 5. The number of sulfonamides is 1. The van der Waals surface area contributed by atoms with E-state index < -0.39 is 45.2 Å². The summed E-state index contributed by atoms with van der Waals surface area (Å²) < 4.78 is 48.2. The van der Waals surface area contributed by atoms with Crippen molar-refractivity contribution in [2.45, 2.75) is 100 Å². The number of benzene rings is 1. The molecular weight excluding hydrogens is 735 g/mol. The highest BCUT2D eigenvalue weighted by molar-refractivity contribution is 7.92. The van der Waals surface area contributed by atoms with Gasteiger partial charge in [-0.05, 0) is 76.6 Å². The fourth-order valence-corrected chi connectivity index (χ4v) is 9.95. The van der Waals surface area contributed by atoms with Crippen molar-refractivity contribution in [2.24, 2.45) is 4.99 Å². The van der Waals surface area contributed by atoms with E-state index in [1.165, 1.54) is 11.1 Å². The smallest absolute Gasteiger partial charge is 0.355 e. The van der Waals surface area contributed by atoms with Crippen molar-refractivity contribution in [2.75, 3.05) is 13.2 Å². The number of amidine groups is 1. The molecule has 0 bridgehead atoms. The van der Waals surface area contributed by atoms with E-state index in [4.69, 9.17) is 19.2 Å². The molecule has 3 aliphatic rings. The summed E-state index contributed by atoms with van der Waals surface area (Å²) in [4.78, 5) is 50.2. The van der Waals surface area contributed by atoms with Crippen LogP contribution < -0.4 is 10.3 Å². The maximum absolute atomic E-state index is 13.9. The van der Waals surface area contributed by atoms with Crippen LogP contribution in [0.5, 0.6) is 0 Å². The van der Waals surface area contributed by atoms with E-state index in [0.29, 0.717) is 30.8 Å². The Hall–Kier alpha value is -4.48. The maximum atomic E-state index is 13.9. The molecule has 1 saturated heterocycles. The zero-order valence-electron chi connectivity index (χ0n) is 30.7. The molecule has 0 saturated carbocycles. The summed E-state index contributed by atoms with van der Waals surface area (Å²) in [6, 6.07) is 14.4. The molecule has 0 amide bonds. The molecule has 7 rings (SSSR count). The molecule has 286 valence electrons. The number of para-hydroxylation sites is 1. The van der Waals surface area contributed by atoms with Gasteiger partial charge in [0.15, 0.2) is 0 Å². The van der Waals surface area contributed by atoms with Crippen molar-refractivity contribution in [3.63, 3.8) is 0 Å². The molecule has 0 spiro atoms. The average molecular weight is 778 g/mol. The lowest BCUT2D eigenvalue weighted by Crippen LogP contribution is -2.60. The fourth-order valence-electron chi connectivity index (χ4n) is 7.87. The molecule has 0 radical (unpaired) electrons. The maximum Gasteiger partial charge on any atom is 0.355 e. The van der Waals surface area contributed by atoms with Crippen molar-refractivity contribution in [1.29, 1.82) is 0 Å². The Morgan fingerprint density at radius 1 is 1.11 bits per heavy atom. The standard InChI is InChI=1S/C38H43N5O9S2/c1-6-38(27-17-29-33-24(16-23-10-7-8-11-28(23)40-33)21-42(29)34(45)26(27)22-51-35(38)46)52-31(44)20-39-30(41-54(48,49)32-12-9-15-53-32)13-14-50-25-18-36(2,3)43(47)37(4,5)19-25/h7-12,15-17,25,47H,6,13-14,18-22H2,1-5H3,(H,39,41)/t38-/m0/s1. The Kier molecular flexibility index (Phi) is 9.79. The monoisotopic (exact) mass is 777 g/mol. The molecule has 1 fully saturated rings. The Morgan fingerprint density at radius 2 is 1.85 bits per heavy atom. The summed E-state index contributed by atoms with van der Waals surface area (Å²) in [6.07, 6.45) is 0.807. The molecular formula is C38H43N5O9S2. The van der Waals surface area contributed by atoms with Crippen LogP contribution in [0, 0.1) is 0 Å². The highest BCUT2D eigenvalue weighted by Crippen LogP contribution is 2.41. The van der Waals surface area contributed by atoms with Crippen molar-refractivity contribution >= 4 is 50.0 Å². The second-order valence-electron chi connectivity index (χ2n) is 15.1. The van der Waals surface area contributed by atoms with Crippen LogP contribution in [0.25, 0.3) is 22.3 Å². The highest BCUT2D eigenvalue weighted by Gasteiger charge is 2.50. The minimum Gasteiger partial charge on any atom is -0.457 e. The van der Waals surface area contributed by atoms with E-state index in [1.54, 1.807) is 29.0 Å². The molecule has 1 aromatic carbocycles. The van der Waals surface area contributed by atoms with Gasteiger partial charge in [-0.15, -0.1) is 11.3 Å². The summed E-state index contributed by atoms with van der Waals surface area (Å²) in [7, 11) is -4.03. The third-order valence-electron chi connectivity index (χ3n) is 10.4. The van der Waals surface area contributed by atoms with Gasteiger partial charge in [0.1, 0.15) is 23.2 Å². The number of ether oxygens (including phenoxy) is 3. The number of piperidine rings is 1. The van der Waals surface area contributed by atoms with Crippen molar-refractivity contribution in [3.8, 4) is 11.4 Å². The van der Waals surface area contributed by atoms with Crippen LogP contribution in [0.15, 0.2) is 67.9 Å². The molecule has 4 aromatic rings. The lowest BCUT2D eigenvalue weighted by Gasteiger charge is -2.51. The van der Waals surface area contributed by atoms with Crippen LogP contribution in [-0.2, 0) is 52.6 Å². The molecule has 3 aliphatic heterocycles. The zero-order valence-corrected chi connectivity index (χ0v) is 32.4. The van der Waals surface area contributed by atoms with Gasteiger partial charge in [-0.25, -0.2) is 23.0 Å². The van der Waals surface area contributed by atoms with Crippen molar-refractivity contribution < 1.29 is 37.4 Å². The summed E-state index contributed by atoms with van der Waals surface area (Å²) in [5.74, 6) is -1.79. The van der Waals surface area contributed by atoms with Gasteiger partial charge in [0.25, 0.3) is 15.6 Å². The Morgan fingerprint density at radius 3 is 2.56 bits per heavy atom. The lowest BCUT2D eigenvalue weighted by atomic mass is 9.80. The number of hydrogen-bond donors (Lipinski definition) is 2. The predicted molar refractivity (Wildman–Crippen MR) is 201 cm³/mol. The molecule has 6 heterocycles. The number of hydrogen-bond acceptors (Lipinski definition) is 13. The molecule has 1 atom stereocenters. The van der Waals surface area contributed by atoms with Crippen LogP contribution in [-0.4, -0.2) is 76.3 Å².